The first kappa shape index (κ1) is 15.0. The number of carbonyl (C=O) groups excluding carboxylic acids is 1. The van der Waals surface area contributed by atoms with Crippen LogP contribution in [0, 0.1) is 6.92 Å². The zero-order valence-corrected chi connectivity index (χ0v) is 12.6. The van der Waals surface area contributed by atoms with Crippen LogP contribution in [-0.4, -0.2) is 31.8 Å². The fraction of sp³-hybridized carbons (Fsp3) is 0.312. The van der Waals surface area contributed by atoms with Crippen LogP contribution in [0.1, 0.15) is 23.0 Å². The van der Waals surface area contributed by atoms with Gasteiger partial charge >= 0.3 is 5.97 Å². The number of aryl methyl sites for hydroxylation is 1. The molecule has 0 amide bonds. The van der Waals surface area contributed by atoms with E-state index in [0.29, 0.717) is 23.7 Å². The average molecular weight is 289 g/mol. The Balaban J connectivity index is 2.59. The van der Waals surface area contributed by atoms with Crippen LogP contribution in [0.25, 0.3) is 11.1 Å². The van der Waals surface area contributed by atoms with Crippen LogP contribution < -0.4 is 9.47 Å². The van der Waals surface area contributed by atoms with E-state index >= 15 is 0 Å². The highest BCUT2D eigenvalue weighted by molar-refractivity contribution is 5.99. The molecule has 1 N–H and O–H groups in total. The van der Waals surface area contributed by atoms with Gasteiger partial charge in [0.05, 0.1) is 26.4 Å². The van der Waals surface area contributed by atoms with Crippen LogP contribution in [0.2, 0.25) is 0 Å². The van der Waals surface area contributed by atoms with Gasteiger partial charge in [-0.2, -0.15) is 0 Å². The summed E-state index contributed by atoms with van der Waals surface area (Å²) in [5.41, 5.74) is 2.79. The largest absolute Gasteiger partial charge is 0.497 e. The number of aromatic amines is 1. The molecule has 0 fully saturated rings. The van der Waals surface area contributed by atoms with E-state index in [9.17, 15) is 4.79 Å². The molecule has 0 bridgehead atoms. The number of carbonyl (C=O) groups is 1. The lowest BCUT2D eigenvalue weighted by molar-refractivity contribution is 0.0526. The van der Waals surface area contributed by atoms with Crippen molar-refractivity contribution in [3.63, 3.8) is 0 Å². The molecule has 0 atom stereocenters. The van der Waals surface area contributed by atoms with Gasteiger partial charge < -0.3 is 19.2 Å². The molecule has 0 aliphatic carbocycles. The van der Waals surface area contributed by atoms with Crippen molar-refractivity contribution in [1.29, 1.82) is 0 Å². The molecule has 112 valence electrons. The molecule has 2 aromatic rings. The minimum absolute atomic E-state index is 0.331. The van der Waals surface area contributed by atoms with Crippen LogP contribution >= 0.6 is 0 Å². The summed E-state index contributed by atoms with van der Waals surface area (Å²) >= 11 is 0. The number of methoxy groups -OCH3 is 2. The van der Waals surface area contributed by atoms with Gasteiger partial charge in [-0.1, -0.05) is 0 Å². The summed E-state index contributed by atoms with van der Waals surface area (Å²) < 4.78 is 15.8. The summed E-state index contributed by atoms with van der Waals surface area (Å²) in [7, 11) is 3.19. The lowest BCUT2D eigenvalue weighted by Crippen LogP contribution is -2.07. The van der Waals surface area contributed by atoms with Gasteiger partial charge in [-0.15, -0.1) is 0 Å². The summed E-state index contributed by atoms with van der Waals surface area (Å²) in [6.45, 7) is 3.95. The zero-order chi connectivity index (χ0) is 15.4. The van der Waals surface area contributed by atoms with Gasteiger partial charge in [0.2, 0.25) is 0 Å². The molecule has 5 heteroatoms. The molecule has 21 heavy (non-hydrogen) atoms. The quantitative estimate of drug-likeness (QED) is 0.859. The van der Waals surface area contributed by atoms with Crippen molar-refractivity contribution in [3.05, 3.63) is 35.7 Å². The van der Waals surface area contributed by atoms with Crippen molar-refractivity contribution >= 4 is 5.97 Å². The maximum absolute atomic E-state index is 12.2. The number of aromatic nitrogens is 1. The van der Waals surface area contributed by atoms with Crippen LogP contribution in [0.4, 0.5) is 0 Å². The standard InChI is InChI=1S/C16H19NO4/c1-5-21-16(18)15-10(2)17-9-13(15)12-8-11(19-3)6-7-14(12)20-4/h6-9,17H,5H2,1-4H3. The molecule has 5 nitrogen and oxygen atoms in total. The van der Waals surface area contributed by atoms with Crippen molar-refractivity contribution in [1.82, 2.24) is 4.98 Å². The number of hydrogen-bond acceptors (Lipinski definition) is 4. The fourth-order valence-corrected chi connectivity index (χ4v) is 2.23. The number of rotatable bonds is 5. The van der Waals surface area contributed by atoms with Gasteiger partial charge in [0.15, 0.2) is 0 Å². The SMILES string of the molecule is CCOC(=O)c1c(-c2cc(OC)ccc2OC)c[nH]c1C. The Hall–Kier alpha value is -2.43. The van der Waals surface area contributed by atoms with Gasteiger partial charge in [-0.05, 0) is 32.0 Å². The van der Waals surface area contributed by atoms with Gasteiger partial charge in [0.1, 0.15) is 11.5 Å². The Morgan fingerprint density at radius 2 is 1.95 bits per heavy atom. The third-order valence-electron chi connectivity index (χ3n) is 3.25. The summed E-state index contributed by atoms with van der Waals surface area (Å²) in [6, 6.07) is 5.46. The second kappa shape index (κ2) is 6.35. The highest BCUT2D eigenvalue weighted by Gasteiger charge is 2.21. The molecule has 0 spiro atoms. The molecule has 0 aliphatic rings. The number of H-pyrrole nitrogens is 1. The monoisotopic (exact) mass is 289 g/mol. The lowest BCUT2D eigenvalue weighted by Gasteiger charge is -2.11. The summed E-state index contributed by atoms with van der Waals surface area (Å²) in [4.78, 5) is 15.2. The minimum atomic E-state index is -0.351. The first-order valence-electron chi connectivity index (χ1n) is 6.69. The van der Waals surface area contributed by atoms with Crippen molar-refractivity contribution < 1.29 is 19.0 Å². The molecule has 0 radical (unpaired) electrons. The van der Waals surface area contributed by atoms with E-state index < -0.39 is 0 Å². The van der Waals surface area contributed by atoms with Crippen molar-refractivity contribution in [3.8, 4) is 22.6 Å². The van der Waals surface area contributed by atoms with Gasteiger partial charge in [0, 0.05) is 23.0 Å². The normalized spacial score (nSPS) is 10.3. The second-order valence-electron chi connectivity index (χ2n) is 4.49. The Morgan fingerprint density at radius 1 is 1.19 bits per heavy atom. The third kappa shape index (κ3) is 2.86. The van der Waals surface area contributed by atoms with Gasteiger partial charge in [-0.3, -0.25) is 0 Å². The van der Waals surface area contributed by atoms with Crippen LogP contribution in [0.15, 0.2) is 24.4 Å². The van der Waals surface area contributed by atoms with E-state index in [2.05, 4.69) is 4.98 Å². The highest BCUT2D eigenvalue weighted by Crippen LogP contribution is 2.36. The van der Waals surface area contributed by atoms with Crippen LogP contribution in [0.5, 0.6) is 11.5 Å². The summed E-state index contributed by atoms with van der Waals surface area (Å²) in [5.74, 6) is 1.01. The molecule has 0 unspecified atom stereocenters. The maximum atomic E-state index is 12.2. The van der Waals surface area contributed by atoms with E-state index in [-0.39, 0.29) is 5.97 Å². The second-order valence-corrected chi connectivity index (χ2v) is 4.49. The predicted molar refractivity (Wildman–Crippen MR) is 80.0 cm³/mol. The van der Waals surface area contributed by atoms with E-state index in [1.165, 1.54) is 0 Å². The smallest absolute Gasteiger partial charge is 0.340 e. The number of esters is 1. The lowest BCUT2D eigenvalue weighted by atomic mass is 10.0. The predicted octanol–water partition coefficient (Wildman–Crippen LogP) is 3.18. The zero-order valence-electron chi connectivity index (χ0n) is 12.6. The molecular weight excluding hydrogens is 270 g/mol. The Kier molecular flexibility index (Phi) is 4.52. The Bertz CT molecular complexity index is 646. The molecule has 1 aromatic carbocycles. The van der Waals surface area contributed by atoms with Crippen molar-refractivity contribution in [2.45, 2.75) is 13.8 Å². The molecule has 1 heterocycles. The summed E-state index contributed by atoms with van der Waals surface area (Å²) in [6.07, 6.45) is 1.78. The minimum Gasteiger partial charge on any atom is -0.497 e. The Morgan fingerprint density at radius 3 is 2.57 bits per heavy atom. The number of benzene rings is 1. The van der Waals surface area contributed by atoms with E-state index in [4.69, 9.17) is 14.2 Å². The first-order chi connectivity index (χ1) is 10.1. The number of hydrogen-bond donors (Lipinski definition) is 1. The number of nitrogens with one attached hydrogen (secondary N) is 1. The Labute approximate surface area is 123 Å². The van der Waals surface area contributed by atoms with Gasteiger partial charge in [0.25, 0.3) is 0 Å². The van der Waals surface area contributed by atoms with E-state index in [1.54, 1.807) is 27.3 Å². The van der Waals surface area contributed by atoms with E-state index in [0.717, 1.165) is 16.8 Å². The summed E-state index contributed by atoms with van der Waals surface area (Å²) in [5, 5.41) is 0. The molecular formula is C16H19NO4. The fourth-order valence-electron chi connectivity index (χ4n) is 2.23. The molecule has 0 saturated heterocycles. The molecule has 0 aliphatic heterocycles. The number of ether oxygens (including phenoxy) is 3. The van der Waals surface area contributed by atoms with Crippen LogP contribution in [0.3, 0.4) is 0 Å². The van der Waals surface area contributed by atoms with Gasteiger partial charge in [-0.25, -0.2) is 4.79 Å². The van der Waals surface area contributed by atoms with Crippen molar-refractivity contribution in [2.75, 3.05) is 20.8 Å². The average Bonchev–Trinajstić information content (AvgIpc) is 2.88. The van der Waals surface area contributed by atoms with Crippen molar-refractivity contribution in [2.24, 2.45) is 0 Å². The first-order valence-corrected chi connectivity index (χ1v) is 6.69. The highest BCUT2D eigenvalue weighted by atomic mass is 16.5. The molecule has 2 rings (SSSR count). The molecule has 0 saturated carbocycles. The topological polar surface area (TPSA) is 60.6 Å². The maximum Gasteiger partial charge on any atom is 0.340 e. The third-order valence-corrected chi connectivity index (χ3v) is 3.25. The van der Waals surface area contributed by atoms with E-state index in [1.807, 2.05) is 25.1 Å². The van der Waals surface area contributed by atoms with Crippen LogP contribution in [-0.2, 0) is 4.74 Å². The molecule has 1 aromatic heterocycles.